The number of thioether (sulfide) groups is 2. The Morgan fingerprint density at radius 2 is 1.79 bits per heavy atom. The van der Waals surface area contributed by atoms with E-state index >= 15 is 0 Å². The fraction of sp³-hybridized carbons (Fsp3) is 0.261. The van der Waals surface area contributed by atoms with E-state index in [0.717, 1.165) is 17.1 Å². The summed E-state index contributed by atoms with van der Waals surface area (Å²) in [6, 6.07) is 15.9. The third-order valence-electron chi connectivity index (χ3n) is 4.48. The number of allylic oxidation sites excluding steroid dienone is 2. The Morgan fingerprint density at radius 1 is 1.11 bits per heavy atom. The number of rotatable bonds is 5. The van der Waals surface area contributed by atoms with Crippen LogP contribution in [0.1, 0.15) is 33.5 Å². The Balaban J connectivity index is 1.82. The summed E-state index contributed by atoms with van der Waals surface area (Å²) in [6.45, 7) is 2.13. The molecule has 3 rings (SSSR count). The fourth-order valence-electron chi connectivity index (χ4n) is 3.01. The number of hydrogen-bond donors (Lipinski definition) is 0. The molecule has 1 fully saturated rings. The summed E-state index contributed by atoms with van der Waals surface area (Å²) in [4.78, 5) is 11.6. The first-order chi connectivity index (χ1) is 13.5. The summed E-state index contributed by atoms with van der Waals surface area (Å²) < 4.78 is 4.65. The zero-order chi connectivity index (χ0) is 20.0. The lowest BCUT2D eigenvalue weighted by Gasteiger charge is -2.34. The minimum atomic E-state index is -0.349. The van der Waals surface area contributed by atoms with Crippen molar-refractivity contribution >= 4 is 46.1 Å². The van der Waals surface area contributed by atoms with E-state index in [1.807, 2.05) is 47.8 Å². The van der Waals surface area contributed by atoms with E-state index in [0.29, 0.717) is 10.6 Å². The van der Waals surface area contributed by atoms with Gasteiger partial charge in [-0.3, -0.25) is 0 Å². The molecule has 0 aliphatic carbocycles. The molecule has 2 aromatic rings. The molecule has 0 saturated carbocycles. The number of hydrogen-bond acceptors (Lipinski definition) is 4. The molecule has 1 heterocycles. The van der Waals surface area contributed by atoms with E-state index in [4.69, 9.17) is 16.3 Å². The lowest BCUT2D eigenvalue weighted by atomic mass is 10.1. The van der Waals surface area contributed by atoms with Gasteiger partial charge in [-0.2, -0.15) is 0 Å². The molecule has 2 aromatic carbocycles. The minimum absolute atomic E-state index is 0.0767. The number of carbonyl (C=O) groups is 1. The number of methoxy groups -OCH3 is 1. The number of ether oxygens (including phenoxy) is 1. The van der Waals surface area contributed by atoms with Gasteiger partial charge >= 0.3 is 5.97 Å². The van der Waals surface area contributed by atoms with Gasteiger partial charge in [-0.15, -0.1) is 23.5 Å². The highest BCUT2D eigenvalue weighted by Gasteiger charge is 2.32. The van der Waals surface area contributed by atoms with Crippen LogP contribution in [0.15, 0.2) is 66.8 Å². The average molecular weight is 431 g/mol. The number of carbonyl (C=O) groups excluding carboxylic acids is 1. The Morgan fingerprint density at radius 3 is 2.43 bits per heavy atom. The maximum Gasteiger partial charge on any atom is 0.337 e. The molecule has 0 aromatic heterocycles. The van der Waals surface area contributed by atoms with E-state index in [-0.39, 0.29) is 10.0 Å². The van der Waals surface area contributed by atoms with Gasteiger partial charge in [0.1, 0.15) is 4.08 Å². The molecule has 0 radical (unpaired) electrons. The second-order valence-corrected chi connectivity index (χ2v) is 9.88. The van der Waals surface area contributed by atoms with Gasteiger partial charge in [0.25, 0.3) is 0 Å². The lowest BCUT2D eigenvalue weighted by molar-refractivity contribution is 0.0600. The molecule has 1 aliphatic rings. The van der Waals surface area contributed by atoms with E-state index in [2.05, 4.69) is 37.3 Å². The highest BCUT2D eigenvalue weighted by atomic mass is 35.5. The molecule has 0 unspecified atom stereocenters. The van der Waals surface area contributed by atoms with Crippen molar-refractivity contribution in [1.29, 1.82) is 0 Å². The predicted molar refractivity (Wildman–Crippen MR) is 123 cm³/mol. The summed E-state index contributed by atoms with van der Waals surface area (Å²) in [6.07, 6.45) is 7.45. The van der Waals surface area contributed by atoms with Crippen molar-refractivity contribution in [2.24, 2.45) is 0 Å². The van der Waals surface area contributed by atoms with Crippen molar-refractivity contribution in [2.45, 2.75) is 17.4 Å². The molecular weight excluding hydrogens is 408 g/mol. The first-order valence-electron chi connectivity index (χ1n) is 9.13. The SMILES string of the molecule is COC(=O)c1ccc(/C(Cl)=C/C=C/C2(c3cccc(C)c3)SCCCS2)cc1. The first kappa shape index (κ1) is 21.1. The maximum absolute atomic E-state index is 11.6. The summed E-state index contributed by atoms with van der Waals surface area (Å²) in [5.74, 6) is 1.95. The monoisotopic (exact) mass is 430 g/mol. The van der Waals surface area contributed by atoms with Gasteiger partial charge in [-0.05, 0) is 54.2 Å². The van der Waals surface area contributed by atoms with Gasteiger partial charge in [0.15, 0.2) is 0 Å². The Hall–Kier alpha value is -1.62. The van der Waals surface area contributed by atoms with Crippen molar-refractivity contribution in [3.05, 3.63) is 89.0 Å². The highest BCUT2D eigenvalue weighted by molar-refractivity contribution is 8.18. The second kappa shape index (κ2) is 9.73. The average Bonchev–Trinajstić information content (AvgIpc) is 2.74. The molecule has 5 heteroatoms. The van der Waals surface area contributed by atoms with Gasteiger partial charge in [-0.1, -0.05) is 65.7 Å². The lowest BCUT2D eigenvalue weighted by Crippen LogP contribution is -2.20. The Kier molecular flexibility index (Phi) is 7.33. The maximum atomic E-state index is 11.6. The third kappa shape index (κ3) is 5.05. The molecular formula is C23H23ClO2S2. The van der Waals surface area contributed by atoms with Crippen LogP contribution in [-0.4, -0.2) is 24.6 Å². The summed E-state index contributed by atoms with van der Waals surface area (Å²) in [7, 11) is 1.37. The van der Waals surface area contributed by atoms with Crippen LogP contribution in [0.2, 0.25) is 0 Å². The third-order valence-corrected chi connectivity index (χ3v) is 8.12. The van der Waals surface area contributed by atoms with Gasteiger partial charge < -0.3 is 4.74 Å². The molecule has 0 amide bonds. The molecule has 28 heavy (non-hydrogen) atoms. The zero-order valence-corrected chi connectivity index (χ0v) is 18.4. The number of aryl methyl sites for hydroxylation is 1. The highest BCUT2D eigenvalue weighted by Crippen LogP contribution is 2.51. The standard InChI is InChI=1S/C23H23ClO2S2/c1-17-6-3-7-20(16-17)23(27-14-5-15-28-23)13-4-8-21(24)18-9-11-19(12-10-18)22(25)26-2/h3-4,6-13,16H,5,14-15H2,1-2H3/b13-4+,21-8-. The molecule has 0 spiro atoms. The topological polar surface area (TPSA) is 26.3 Å². The van der Waals surface area contributed by atoms with Gasteiger partial charge in [0, 0.05) is 5.03 Å². The number of halogens is 1. The van der Waals surface area contributed by atoms with Gasteiger partial charge in [0.05, 0.1) is 12.7 Å². The summed E-state index contributed by atoms with van der Waals surface area (Å²) in [5, 5.41) is 0.637. The van der Waals surface area contributed by atoms with Gasteiger partial charge in [-0.25, -0.2) is 4.79 Å². The molecule has 0 N–H and O–H groups in total. The van der Waals surface area contributed by atoms with Crippen molar-refractivity contribution in [1.82, 2.24) is 0 Å². The number of benzene rings is 2. The molecule has 146 valence electrons. The summed E-state index contributed by atoms with van der Waals surface area (Å²) >= 11 is 10.4. The molecule has 1 saturated heterocycles. The second-order valence-electron chi connectivity index (χ2n) is 6.53. The van der Waals surface area contributed by atoms with Crippen LogP contribution in [0.3, 0.4) is 0 Å². The normalized spacial score (nSPS) is 16.9. The van der Waals surface area contributed by atoms with Crippen molar-refractivity contribution in [2.75, 3.05) is 18.6 Å². The van der Waals surface area contributed by atoms with Crippen LogP contribution >= 0.6 is 35.1 Å². The van der Waals surface area contributed by atoms with Crippen LogP contribution in [-0.2, 0) is 8.82 Å². The zero-order valence-electron chi connectivity index (χ0n) is 16.0. The quantitative estimate of drug-likeness (QED) is 0.392. The van der Waals surface area contributed by atoms with E-state index in [1.165, 1.54) is 24.7 Å². The van der Waals surface area contributed by atoms with Crippen LogP contribution in [0.25, 0.3) is 5.03 Å². The van der Waals surface area contributed by atoms with Crippen molar-refractivity contribution in [3.8, 4) is 0 Å². The minimum Gasteiger partial charge on any atom is -0.465 e. The van der Waals surface area contributed by atoms with E-state index in [1.54, 1.807) is 12.1 Å². The predicted octanol–water partition coefficient (Wildman–Crippen LogP) is 6.64. The Bertz CT molecular complexity index is 882. The molecule has 0 bridgehead atoms. The summed E-state index contributed by atoms with van der Waals surface area (Å²) in [5.41, 5.74) is 3.98. The Labute approximate surface area is 180 Å². The fourth-order valence-corrected chi connectivity index (χ4v) is 6.34. The van der Waals surface area contributed by atoms with Gasteiger partial charge in [0.2, 0.25) is 0 Å². The van der Waals surface area contributed by atoms with Crippen LogP contribution in [0.4, 0.5) is 0 Å². The van der Waals surface area contributed by atoms with Crippen molar-refractivity contribution < 1.29 is 9.53 Å². The number of esters is 1. The van der Waals surface area contributed by atoms with E-state index in [9.17, 15) is 4.79 Å². The molecule has 1 aliphatic heterocycles. The van der Waals surface area contributed by atoms with Crippen LogP contribution < -0.4 is 0 Å². The largest absolute Gasteiger partial charge is 0.465 e. The first-order valence-corrected chi connectivity index (χ1v) is 11.5. The van der Waals surface area contributed by atoms with Crippen LogP contribution in [0.5, 0.6) is 0 Å². The molecule has 2 nitrogen and oxygen atoms in total. The van der Waals surface area contributed by atoms with Crippen LogP contribution in [0, 0.1) is 6.92 Å². The molecule has 0 atom stereocenters. The van der Waals surface area contributed by atoms with E-state index < -0.39 is 0 Å². The van der Waals surface area contributed by atoms with Crippen molar-refractivity contribution in [3.63, 3.8) is 0 Å². The smallest absolute Gasteiger partial charge is 0.337 e.